The van der Waals surface area contributed by atoms with E-state index in [2.05, 4.69) is 15.1 Å². The van der Waals surface area contributed by atoms with Gasteiger partial charge in [0.05, 0.1) is 13.1 Å². The molecule has 31 heavy (non-hydrogen) atoms. The molecule has 2 aromatic heterocycles. The van der Waals surface area contributed by atoms with Gasteiger partial charge in [0.15, 0.2) is 5.69 Å². The van der Waals surface area contributed by atoms with Crippen molar-refractivity contribution >= 4 is 0 Å². The second-order valence-corrected chi connectivity index (χ2v) is 7.52. The summed E-state index contributed by atoms with van der Waals surface area (Å²) in [6.45, 7) is 1.95. The number of hydrogen-bond acceptors (Lipinski definition) is 5. The van der Waals surface area contributed by atoms with Crippen molar-refractivity contribution < 1.29 is 27.1 Å². The lowest BCUT2D eigenvalue weighted by molar-refractivity contribution is -0.141. The number of imidazole rings is 1. The van der Waals surface area contributed by atoms with Crippen LogP contribution in [0.3, 0.4) is 0 Å². The summed E-state index contributed by atoms with van der Waals surface area (Å²) in [7, 11) is 0. The third-order valence-corrected chi connectivity index (χ3v) is 5.63. The van der Waals surface area contributed by atoms with E-state index in [0.717, 1.165) is 18.3 Å². The maximum absolute atomic E-state index is 14.7. The molecule has 0 amide bonds. The van der Waals surface area contributed by atoms with Crippen LogP contribution >= 0.6 is 0 Å². The number of alkyl halides is 3. The highest BCUT2D eigenvalue weighted by molar-refractivity contribution is 5.27. The fourth-order valence-electron chi connectivity index (χ4n) is 3.88. The van der Waals surface area contributed by atoms with Gasteiger partial charge in [-0.1, -0.05) is 6.07 Å². The summed E-state index contributed by atoms with van der Waals surface area (Å²) < 4.78 is 69.9. The number of aromatic nitrogens is 5. The molecule has 0 fully saturated rings. The van der Waals surface area contributed by atoms with Gasteiger partial charge in [-0.2, -0.15) is 18.3 Å². The van der Waals surface area contributed by atoms with Crippen LogP contribution < -0.4 is 0 Å². The molecule has 12 heteroatoms. The summed E-state index contributed by atoms with van der Waals surface area (Å²) in [5.41, 5.74) is -3.02. The van der Waals surface area contributed by atoms with Gasteiger partial charge < -0.3 is 9.67 Å². The molecule has 3 aromatic rings. The zero-order chi connectivity index (χ0) is 22.4. The summed E-state index contributed by atoms with van der Waals surface area (Å²) in [6.07, 6.45) is -1.01. The highest BCUT2D eigenvalue weighted by Crippen LogP contribution is 2.35. The number of benzene rings is 1. The lowest BCUT2D eigenvalue weighted by atomic mass is 9.85. The van der Waals surface area contributed by atoms with E-state index in [1.807, 2.05) is 0 Å². The maximum Gasteiger partial charge on any atom is 0.434 e. The highest BCUT2D eigenvalue weighted by atomic mass is 19.4. The number of halogens is 5. The van der Waals surface area contributed by atoms with Crippen molar-refractivity contribution in [2.24, 2.45) is 0 Å². The van der Waals surface area contributed by atoms with Gasteiger partial charge in [0.1, 0.15) is 35.7 Å². The van der Waals surface area contributed by atoms with E-state index in [-0.39, 0.29) is 31.0 Å². The molecule has 2 atom stereocenters. The van der Waals surface area contributed by atoms with E-state index in [9.17, 15) is 27.1 Å². The minimum Gasteiger partial charge on any atom is -0.381 e. The molecular weight excluding hydrogens is 423 g/mol. The molecule has 0 saturated carbocycles. The van der Waals surface area contributed by atoms with Gasteiger partial charge in [-0.15, -0.1) is 0 Å². The third kappa shape index (κ3) is 4.04. The highest BCUT2D eigenvalue weighted by Gasteiger charge is 2.43. The zero-order valence-electron chi connectivity index (χ0n) is 16.4. The number of fused-ring (bicyclic) bond motifs is 1. The fraction of sp³-hybridized carbons (Fsp3) is 0.421. The molecule has 0 aliphatic carbocycles. The van der Waals surface area contributed by atoms with E-state index in [4.69, 9.17) is 0 Å². The molecule has 4 rings (SSSR count). The van der Waals surface area contributed by atoms with Crippen molar-refractivity contribution in [3.63, 3.8) is 0 Å². The van der Waals surface area contributed by atoms with E-state index < -0.39 is 35.1 Å². The van der Waals surface area contributed by atoms with Crippen LogP contribution in [0.25, 0.3) is 0 Å². The Kier molecular flexibility index (Phi) is 5.30. The summed E-state index contributed by atoms with van der Waals surface area (Å²) in [4.78, 5) is 9.21. The van der Waals surface area contributed by atoms with Crippen molar-refractivity contribution in [1.82, 2.24) is 29.2 Å². The molecule has 1 aliphatic heterocycles. The molecule has 0 saturated heterocycles. The van der Waals surface area contributed by atoms with Crippen LogP contribution in [0.5, 0.6) is 0 Å². The minimum absolute atomic E-state index is 0.0136. The Labute approximate surface area is 173 Å². The quantitative estimate of drug-likeness (QED) is 0.615. The Morgan fingerprint density at radius 3 is 2.61 bits per heavy atom. The molecule has 0 bridgehead atoms. The number of aliphatic hydroxyl groups is 1. The minimum atomic E-state index is -4.56. The second kappa shape index (κ2) is 7.68. The maximum atomic E-state index is 14.7. The van der Waals surface area contributed by atoms with Gasteiger partial charge in [0.2, 0.25) is 0 Å². The average Bonchev–Trinajstić information content (AvgIpc) is 3.35. The lowest BCUT2D eigenvalue weighted by Crippen LogP contribution is -2.53. The second-order valence-electron chi connectivity index (χ2n) is 7.52. The zero-order valence-corrected chi connectivity index (χ0v) is 16.4. The molecule has 1 aliphatic rings. The van der Waals surface area contributed by atoms with Crippen LogP contribution in [0.4, 0.5) is 22.0 Å². The van der Waals surface area contributed by atoms with Crippen molar-refractivity contribution in [3.8, 4) is 0 Å². The largest absolute Gasteiger partial charge is 0.434 e. The van der Waals surface area contributed by atoms with Crippen LogP contribution in [0, 0.1) is 11.6 Å². The Balaban J connectivity index is 1.68. The van der Waals surface area contributed by atoms with Crippen LogP contribution in [-0.2, 0) is 31.4 Å². The monoisotopic (exact) mass is 442 g/mol. The van der Waals surface area contributed by atoms with Crippen LogP contribution in [0.2, 0.25) is 0 Å². The Hall–Kier alpha value is -2.86. The third-order valence-electron chi connectivity index (χ3n) is 5.63. The van der Waals surface area contributed by atoms with E-state index in [1.165, 1.54) is 21.9 Å². The Morgan fingerprint density at radius 1 is 1.19 bits per heavy atom. The molecule has 0 spiro atoms. The first-order valence-electron chi connectivity index (χ1n) is 9.45. The average molecular weight is 442 g/mol. The lowest BCUT2D eigenvalue weighted by Gasteiger charge is -2.42. The van der Waals surface area contributed by atoms with Crippen LogP contribution in [0.15, 0.2) is 37.1 Å². The van der Waals surface area contributed by atoms with E-state index >= 15 is 0 Å². The van der Waals surface area contributed by atoms with Gasteiger partial charge in [-0.05, 0) is 13.0 Å². The number of rotatable bonds is 5. The Bertz CT molecular complexity index is 1070. The Morgan fingerprint density at radius 2 is 1.97 bits per heavy atom. The predicted octanol–water partition coefficient (Wildman–Crippen LogP) is 2.56. The number of hydrogen-bond donors (Lipinski definition) is 1. The van der Waals surface area contributed by atoms with Gasteiger partial charge in [0, 0.05) is 37.0 Å². The smallest absolute Gasteiger partial charge is 0.381 e. The molecule has 7 nitrogen and oxygen atoms in total. The molecule has 3 heterocycles. The molecule has 0 unspecified atom stereocenters. The molecule has 1 aromatic carbocycles. The topological polar surface area (TPSA) is 72.0 Å². The van der Waals surface area contributed by atoms with Gasteiger partial charge in [-0.3, -0.25) is 4.90 Å². The summed E-state index contributed by atoms with van der Waals surface area (Å²) in [6, 6.07) is 2.09. The standard InChI is InChI=1S/C19H19F5N6O/c1-12(28-4-5-29-7-16(19(22,23)24)27-17(29)8-28)18(31,9-30-11-25-10-26-30)14-3-2-13(20)6-15(14)21/h2-3,6-7,10-12,31H,4-5,8-9H2,1H3/t12-,18-/m1/s1. The van der Waals surface area contributed by atoms with Gasteiger partial charge in [0.25, 0.3) is 0 Å². The molecule has 1 N–H and O–H groups in total. The van der Waals surface area contributed by atoms with Crippen molar-refractivity contribution in [1.29, 1.82) is 0 Å². The van der Waals surface area contributed by atoms with E-state index in [1.54, 1.807) is 11.8 Å². The van der Waals surface area contributed by atoms with Gasteiger partial charge >= 0.3 is 6.18 Å². The normalized spacial score (nSPS) is 17.9. The predicted molar refractivity (Wildman–Crippen MR) is 97.4 cm³/mol. The van der Waals surface area contributed by atoms with Crippen molar-refractivity contribution in [2.45, 2.75) is 44.4 Å². The first-order chi connectivity index (χ1) is 14.6. The van der Waals surface area contributed by atoms with E-state index in [0.29, 0.717) is 12.6 Å². The first kappa shape index (κ1) is 21.4. The molecule has 0 radical (unpaired) electrons. The van der Waals surface area contributed by atoms with Crippen LogP contribution in [-0.4, -0.2) is 46.9 Å². The van der Waals surface area contributed by atoms with Crippen molar-refractivity contribution in [3.05, 3.63) is 65.8 Å². The SMILES string of the molecule is C[C@@H](N1CCn2cc(C(F)(F)F)nc2C1)[C@](O)(Cn1cncn1)c1ccc(F)cc1F. The van der Waals surface area contributed by atoms with Crippen molar-refractivity contribution in [2.75, 3.05) is 6.54 Å². The first-order valence-corrected chi connectivity index (χ1v) is 9.45. The summed E-state index contributed by atoms with van der Waals surface area (Å²) in [5.74, 6) is -1.54. The van der Waals surface area contributed by atoms with Crippen LogP contribution in [0.1, 0.15) is 24.0 Å². The summed E-state index contributed by atoms with van der Waals surface area (Å²) in [5, 5.41) is 15.6. The molecule has 166 valence electrons. The number of nitrogens with zero attached hydrogens (tertiary/aromatic N) is 6. The summed E-state index contributed by atoms with van der Waals surface area (Å²) >= 11 is 0. The fourth-order valence-corrected chi connectivity index (χ4v) is 3.88. The molecular formula is C19H19F5N6O. The van der Waals surface area contributed by atoms with Gasteiger partial charge in [-0.25, -0.2) is 23.4 Å².